The number of alkyl halides is 3. The highest BCUT2D eigenvalue weighted by molar-refractivity contribution is 6.04. The van der Waals surface area contributed by atoms with Gasteiger partial charge in [0.2, 0.25) is 0 Å². The number of halogens is 3. The van der Waals surface area contributed by atoms with Crippen LogP contribution in [0.3, 0.4) is 0 Å². The van der Waals surface area contributed by atoms with E-state index in [-0.39, 0.29) is 16.6 Å². The molecule has 0 unspecified atom stereocenters. The fraction of sp³-hybridized carbons (Fsp3) is 0.238. The Labute approximate surface area is 168 Å². The highest BCUT2D eigenvalue weighted by Crippen LogP contribution is 2.35. The molecular weight excluding hydrogens is 401 g/mol. The maximum Gasteiger partial charge on any atom is 0.416 e. The van der Waals surface area contributed by atoms with Crippen molar-refractivity contribution in [2.75, 3.05) is 19.5 Å². The van der Waals surface area contributed by atoms with Crippen LogP contribution in [0.15, 0.2) is 41.2 Å². The first-order chi connectivity index (χ1) is 14.2. The van der Waals surface area contributed by atoms with Crippen LogP contribution in [0, 0.1) is 0 Å². The van der Waals surface area contributed by atoms with Gasteiger partial charge in [0.15, 0.2) is 0 Å². The van der Waals surface area contributed by atoms with Gasteiger partial charge in [0.05, 0.1) is 42.8 Å². The van der Waals surface area contributed by atoms with Gasteiger partial charge in [0.1, 0.15) is 5.56 Å². The maximum atomic E-state index is 13.4. The summed E-state index contributed by atoms with van der Waals surface area (Å²) in [5.41, 5.74) is 5.54. The number of nitrogens with two attached hydrogens (primary N) is 1. The number of hydrogen-bond acceptors (Lipinski definition) is 5. The van der Waals surface area contributed by atoms with Gasteiger partial charge in [-0.1, -0.05) is 18.2 Å². The Balaban J connectivity index is 2.17. The molecular formula is C21H17F3N2O4. The van der Waals surface area contributed by atoms with Gasteiger partial charge in [0, 0.05) is 5.39 Å². The predicted octanol–water partition coefficient (Wildman–Crippen LogP) is 3.45. The molecule has 0 bridgehead atoms. The van der Waals surface area contributed by atoms with Crippen molar-refractivity contribution in [1.29, 1.82) is 0 Å². The number of hydrogen-bond donors (Lipinski definition) is 1. The van der Waals surface area contributed by atoms with Gasteiger partial charge in [-0.2, -0.15) is 13.2 Å². The van der Waals surface area contributed by atoms with Crippen LogP contribution in [-0.4, -0.2) is 24.3 Å². The first-order valence-electron chi connectivity index (χ1n) is 9.06. The SMILES string of the molecule is COC(=O)c1c(N)c2ccc(C(F)(F)F)cc2n(-c2cccc3c2CCOC3)c1=O. The van der Waals surface area contributed by atoms with E-state index in [1.165, 1.54) is 0 Å². The highest BCUT2D eigenvalue weighted by atomic mass is 19.4. The number of nitrogen functional groups attached to an aromatic ring is 1. The van der Waals surface area contributed by atoms with Crippen molar-refractivity contribution in [3.63, 3.8) is 0 Å². The molecule has 0 fully saturated rings. The first-order valence-corrected chi connectivity index (χ1v) is 9.06. The molecule has 4 rings (SSSR count). The van der Waals surface area contributed by atoms with Gasteiger partial charge in [-0.25, -0.2) is 4.79 Å². The van der Waals surface area contributed by atoms with Crippen molar-refractivity contribution in [3.05, 3.63) is 69.0 Å². The Hall–Kier alpha value is -3.33. The molecule has 2 heterocycles. The van der Waals surface area contributed by atoms with Crippen LogP contribution in [0.1, 0.15) is 27.0 Å². The molecule has 0 saturated heterocycles. The number of anilines is 1. The number of methoxy groups -OCH3 is 1. The molecule has 0 atom stereocenters. The number of nitrogens with zero attached hydrogens (tertiary/aromatic N) is 1. The molecule has 1 aliphatic rings. The Bertz CT molecular complexity index is 1230. The van der Waals surface area contributed by atoms with Crippen LogP contribution in [-0.2, 0) is 28.7 Å². The summed E-state index contributed by atoms with van der Waals surface area (Å²) in [5, 5.41) is 0.146. The zero-order valence-electron chi connectivity index (χ0n) is 15.9. The van der Waals surface area contributed by atoms with Crippen molar-refractivity contribution in [1.82, 2.24) is 4.57 Å². The third-order valence-electron chi connectivity index (χ3n) is 5.18. The number of aromatic nitrogens is 1. The summed E-state index contributed by atoms with van der Waals surface area (Å²) in [6, 6.07) is 8.03. The fourth-order valence-electron chi connectivity index (χ4n) is 3.74. The highest BCUT2D eigenvalue weighted by Gasteiger charge is 2.32. The predicted molar refractivity (Wildman–Crippen MR) is 104 cm³/mol. The van der Waals surface area contributed by atoms with Crippen molar-refractivity contribution >= 4 is 22.6 Å². The average Bonchev–Trinajstić information content (AvgIpc) is 2.72. The Kier molecular flexibility index (Phi) is 4.77. The molecule has 30 heavy (non-hydrogen) atoms. The van der Waals surface area contributed by atoms with Gasteiger partial charge >= 0.3 is 12.1 Å². The van der Waals surface area contributed by atoms with Crippen LogP contribution >= 0.6 is 0 Å². The van der Waals surface area contributed by atoms with Gasteiger partial charge in [-0.3, -0.25) is 9.36 Å². The second-order valence-electron chi connectivity index (χ2n) is 6.87. The van der Waals surface area contributed by atoms with Crippen LogP contribution in [0.2, 0.25) is 0 Å². The van der Waals surface area contributed by atoms with Gasteiger partial charge in [-0.15, -0.1) is 0 Å². The quantitative estimate of drug-likeness (QED) is 0.645. The third-order valence-corrected chi connectivity index (χ3v) is 5.18. The number of ether oxygens (including phenoxy) is 2. The molecule has 1 aromatic heterocycles. The molecule has 2 N–H and O–H groups in total. The number of fused-ring (bicyclic) bond motifs is 2. The summed E-state index contributed by atoms with van der Waals surface area (Å²) in [5.74, 6) is -0.957. The lowest BCUT2D eigenvalue weighted by Gasteiger charge is -2.23. The van der Waals surface area contributed by atoms with E-state index in [2.05, 4.69) is 0 Å². The first kappa shape index (κ1) is 20.0. The molecule has 156 valence electrons. The van der Waals surface area contributed by atoms with E-state index in [0.29, 0.717) is 25.3 Å². The summed E-state index contributed by atoms with van der Waals surface area (Å²) in [6.45, 7) is 0.728. The topological polar surface area (TPSA) is 83.6 Å². The number of pyridine rings is 1. The molecule has 9 heteroatoms. The lowest BCUT2D eigenvalue weighted by Crippen LogP contribution is -2.29. The minimum atomic E-state index is -4.62. The monoisotopic (exact) mass is 418 g/mol. The van der Waals surface area contributed by atoms with Crippen molar-refractivity contribution in [2.45, 2.75) is 19.2 Å². The van der Waals surface area contributed by atoms with Crippen LogP contribution in [0.5, 0.6) is 0 Å². The van der Waals surface area contributed by atoms with Crippen LogP contribution < -0.4 is 11.3 Å². The van der Waals surface area contributed by atoms with Gasteiger partial charge in [-0.05, 0) is 35.7 Å². The summed E-state index contributed by atoms with van der Waals surface area (Å²) in [6.07, 6.45) is -4.15. The molecule has 0 radical (unpaired) electrons. The minimum absolute atomic E-state index is 0.0418. The zero-order valence-corrected chi connectivity index (χ0v) is 15.9. The molecule has 3 aromatic rings. The molecule has 2 aromatic carbocycles. The molecule has 0 saturated carbocycles. The second-order valence-corrected chi connectivity index (χ2v) is 6.87. The fourth-order valence-corrected chi connectivity index (χ4v) is 3.74. The maximum absolute atomic E-state index is 13.4. The van der Waals surface area contributed by atoms with E-state index in [1.54, 1.807) is 12.1 Å². The Morgan fingerprint density at radius 2 is 2.00 bits per heavy atom. The molecule has 1 aliphatic heterocycles. The minimum Gasteiger partial charge on any atom is -0.465 e. The largest absolute Gasteiger partial charge is 0.465 e. The standard InChI is InChI=1S/C21H17F3N2O4/c1-29-20(28)17-18(25)14-6-5-12(21(22,23)24)9-16(14)26(19(17)27)15-4-2-3-11-10-30-8-7-13(11)15/h2-6,9H,7-8,10,25H2,1H3. The number of rotatable bonds is 2. The summed E-state index contributed by atoms with van der Waals surface area (Å²) in [7, 11) is 1.10. The molecule has 0 spiro atoms. The van der Waals surface area contributed by atoms with E-state index in [1.807, 2.05) is 6.07 Å². The van der Waals surface area contributed by atoms with Crippen LogP contribution in [0.4, 0.5) is 18.9 Å². The van der Waals surface area contributed by atoms with E-state index >= 15 is 0 Å². The molecule has 6 nitrogen and oxygen atoms in total. The lowest BCUT2D eigenvalue weighted by molar-refractivity contribution is -0.137. The van der Waals surface area contributed by atoms with Crippen molar-refractivity contribution in [3.8, 4) is 5.69 Å². The number of benzene rings is 2. The van der Waals surface area contributed by atoms with Gasteiger partial charge < -0.3 is 15.2 Å². The van der Waals surface area contributed by atoms with Crippen LogP contribution in [0.25, 0.3) is 16.6 Å². The number of carbonyl (C=O) groups excluding carboxylic acids is 1. The summed E-state index contributed by atoms with van der Waals surface area (Å²) >= 11 is 0. The smallest absolute Gasteiger partial charge is 0.416 e. The third kappa shape index (κ3) is 3.11. The van der Waals surface area contributed by atoms with Crippen molar-refractivity contribution < 1.29 is 27.4 Å². The zero-order chi connectivity index (χ0) is 21.6. The summed E-state index contributed by atoms with van der Waals surface area (Å²) < 4.78 is 51.4. The van der Waals surface area contributed by atoms with E-state index in [0.717, 1.165) is 41.0 Å². The lowest BCUT2D eigenvalue weighted by atomic mass is 9.99. The van der Waals surface area contributed by atoms with E-state index in [4.69, 9.17) is 15.2 Å². The normalized spacial score (nSPS) is 13.9. The van der Waals surface area contributed by atoms with E-state index < -0.39 is 28.8 Å². The Morgan fingerprint density at radius 1 is 1.23 bits per heavy atom. The second kappa shape index (κ2) is 7.17. The van der Waals surface area contributed by atoms with Crippen molar-refractivity contribution in [2.24, 2.45) is 0 Å². The van der Waals surface area contributed by atoms with Gasteiger partial charge in [0.25, 0.3) is 5.56 Å². The number of carbonyl (C=O) groups is 1. The summed E-state index contributed by atoms with van der Waals surface area (Å²) in [4.78, 5) is 25.6. The van der Waals surface area contributed by atoms with E-state index in [9.17, 15) is 22.8 Å². The number of esters is 1. The molecule has 0 aliphatic carbocycles. The average molecular weight is 418 g/mol. The Morgan fingerprint density at radius 3 is 2.70 bits per heavy atom. The molecule has 0 amide bonds.